The Hall–Kier alpha value is -3.94. The first kappa shape index (κ1) is 25.7. The Bertz CT molecular complexity index is 1440. The number of aryl methyl sites for hydroxylation is 1. The summed E-state index contributed by atoms with van der Waals surface area (Å²) in [5, 5.41) is 0. The third-order valence-corrected chi connectivity index (χ3v) is 8.31. The second-order valence-corrected chi connectivity index (χ2v) is 11.2. The van der Waals surface area contributed by atoms with E-state index in [4.69, 9.17) is 0 Å². The fourth-order valence-corrected chi connectivity index (χ4v) is 6.00. The molecule has 6 nitrogen and oxygen atoms in total. The number of rotatable bonds is 7. The molecule has 1 heterocycles. The molecule has 0 radical (unpaired) electrons. The van der Waals surface area contributed by atoms with Crippen LogP contribution in [0, 0.1) is 6.92 Å². The van der Waals surface area contributed by atoms with Gasteiger partial charge in [0.15, 0.2) is 0 Å². The van der Waals surface area contributed by atoms with Crippen molar-refractivity contribution in [2.45, 2.75) is 17.9 Å². The predicted molar refractivity (Wildman–Crippen MR) is 151 cm³/mol. The molecule has 38 heavy (non-hydrogen) atoms. The first-order valence-corrected chi connectivity index (χ1v) is 14.2. The van der Waals surface area contributed by atoms with Crippen molar-refractivity contribution in [3.8, 4) is 0 Å². The smallest absolute Gasteiger partial charge is 0.261 e. The van der Waals surface area contributed by atoms with Crippen LogP contribution in [-0.2, 0) is 10.0 Å². The van der Waals surface area contributed by atoms with Gasteiger partial charge in [-0.1, -0.05) is 90.5 Å². The lowest BCUT2D eigenvalue weighted by Crippen LogP contribution is -2.50. The Labute approximate surface area is 224 Å². The molecule has 0 unspecified atom stereocenters. The van der Waals surface area contributed by atoms with Crippen LogP contribution in [0.15, 0.2) is 114 Å². The quantitative estimate of drug-likeness (QED) is 0.354. The number of sulfonamides is 1. The van der Waals surface area contributed by atoms with Crippen LogP contribution < -0.4 is 4.72 Å². The summed E-state index contributed by atoms with van der Waals surface area (Å²) >= 11 is 0. The number of benzene rings is 4. The molecule has 194 valence electrons. The third-order valence-electron chi connectivity index (χ3n) is 6.93. The van der Waals surface area contributed by atoms with Gasteiger partial charge in [-0.2, -0.15) is 0 Å². The molecule has 0 spiro atoms. The number of carbonyl (C=O) groups is 1. The molecular formula is C31H31N3O3S. The van der Waals surface area contributed by atoms with E-state index < -0.39 is 10.0 Å². The van der Waals surface area contributed by atoms with E-state index in [2.05, 4.69) is 58.2 Å². The summed E-state index contributed by atoms with van der Waals surface area (Å²) in [4.78, 5) is 17.9. The van der Waals surface area contributed by atoms with Gasteiger partial charge in [0.2, 0.25) is 0 Å². The molecule has 1 amide bonds. The number of piperazine rings is 1. The SMILES string of the molecule is Cc1ccc(S(=O)(=O)Nc2ccccc2C(=O)N2CCN(C(c3ccccc3)c3ccccc3)CC2)cc1. The summed E-state index contributed by atoms with van der Waals surface area (Å²) in [6.07, 6.45) is 0. The maximum Gasteiger partial charge on any atom is 0.261 e. The van der Waals surface area contributed by atoms with Crippen LogP contribution >= 0.6 is 0 Å². The Kier molecular flexibility index (Phi) is 7.58. The molecule has 1 N–H and O–H groups in total. The van der Waals surface area contributed by atoms with E-state index in [1.54, 1.807) is 48.5 Å². The van der Waals surface area contributed by atoms with Gasteiger partial charge in [0.1, 0.15) is 0 Å². The molecule has 5 rings (SSSR count). The summed E-state index contributed by atoms with van der Waals surface area (Å²) in [7, 11) is -3.83. The van der Waals surface area contributed by atoms with Crippen LogP contribution in [0.4, 0.5) is 5.69 Å². The van der Waals surface area contributed by atoms with Crippen molar-refractivity contribution in [2.24, 2.45) is 0 Å². The molecular weight excluding hydrogens is 494 g/mol. The lowest BCUT2D eigenvalue weighted by molar-refractivity contribution is 0.0598. The predicted octanol–water partition coefficient (Wildman–Crippen LogP) is 5.34. The van der Waals surface area contributed by atoms with Crippen molar-refractivity contribution < 1.29 is 13.2 Å². The van der Waals surface area contributed by atoms with Crippen molar-refractivity contribution in [3.63, 3.8) is 0 Å². The molecule has 0 saturated carbocycles. The average Bonchev–Trinajstić information content (AvgIpc) is 2.95. The highest BCUT2D eigenvalue weighted by Gasteiger charge is 2.29. The molecule has 0 aromatic heterocycles. The molecule has 0 atom stereocenters. The third kappa shape index (κ3) is 5.64. The van der Waals surface area contributed by atoms with Gasteiger partial charge in [-0.15, -0.1) is 0 Å². The van der Waals surface area contributed by atoms with E-state index in [1.807, 2.05) is 24.0 Å². The zero-order valence-electron chi connectivity index (χ0n) is 21.3. The average molecular weight is 526 g/mol. The number of hydrogen-bond acceptors (Lipinski definition) is 4. The minimum absolute atomic E-state index is 0.100. The number of anilines is 1. The molecule has 0 bridgehead atoms. The molecule has 0 aliphatic carbocycles. The van der Waals surface area contributed by atoms with Crippen LogP contribution in [-0.4, -0.2) is 50.3 Å². The monoisotopic (exact) mass is 525 g/mol. The Morgan fingerprint density at radius 1 is 0.711 bits per heavy atom. The Morgan fingerprint density at radius 2 is 1.24 bits per heavy atom. The first-order chi connectivity index (χ1) is 18.4. The van der Waals surface area contributed by atoms with E-state index in [9.17, 15) is 13.2 Å². The fourth-order valence-electron chi connectivity index (χ4n) is 4.92. The summed E-state index contributed by atoms with van der Waals surface area (Å²) in [6, 6.07) is 34.4. The van der Waals surface area contributed by atoms with Crippen molar-refractivity contribution in [3.05, 3.63) is 131 Å². The van der Waals surface area contributed by atoms with Crippen LogP contribution in [0.25, 0.3) is 0 Å². The summed E-state index contributed by atoms with van der Waals surface area (Å²) in [5.41, 5.74) is 4.04. The van der Waals surface area contributed by atoms with Crippen LogP contribution in [0.2, 0.25) is 0 Å². The molecule has 1 aliphatic rings. The zero-order chi connectivity index (χ0) is 26.5. The Morgan fingerprint density at radius 3 is 1.82 bits per heavy atom. The van der Waals surface area contributed by atoms with E-state index in [1.165, 1.54) is 11.1 Å². The van der Waals surface area contributed by atoms with Gasteiger partial charge in [0.25, 0.3) is 15.9 Å². The van der Waals surface area contributed by atoms with Gasteiger partial charge in [-0.3, -0.25) is 14.4 Å². The van der Waals surface area contributed by atoms with Gasteiger partial charge in [0, 0.05) is 26.2 Å². The summed E-state index contributed by atoms with van der Waals surface area (Å²) in [6.45, 7) is 4.41. The molecule has 1 fully saturated rings. The van der Waals surface area contributed by atoms with Crippen LogP contribution in [0.3, 0.4) is 0 Å². The highest BCUT2D eigenvalue weighted by Crippen LogP contribution is 2.30. The van der Waals surface area contributed by atoms with E-state index in [0.717, 1.165) is 5.56 Å². The number of hydrogen-bond donors (Lipinski definition) is 1. The Balaban J connectivity index is 1.32. The number of para-hydroxylation sites is 1. The fraction of sp³-hybridized carbons (Fsp3) is 0.194. The van der Waals surface area contributed by atoms with Crippen molar-refractivity contribution in [1.82, 2.24) is 9.80 Å². The van der Waals surface area contributed by atoms with Crippen molar-refractivity contribution in [1.29, 1.82) is 0 Å². The summed E-state index contributed by atoms with van der Waals surface area (Å²) < 4.78 is 28.6. The molecule has 4 aromatic rings. The van der Waals surface area contributed by atoms with Crippen LogP contribution in [0.1, 0.15) is 33.1 Å². The minimum atomic E-state index is -3.83. The summed E-state index contributed by atoms with van der Waals surface area (Å²) in [5.74, 6) is -0.178. The lowest BCUT2D eigenvalue weighted by Gasteiger charge is -2.40. The highest BCUT2D eigenvalue weighted by atomic mass is 32.2. The highest BCUT2D eigenvalue weighted by molar-refractivity contribution is 7.92. The number of nitrogens with zero attached hydrogens (tertiary/aromatic N) is 2. The maximum atomic E-state index is 13.6. The first-order valence-electron chi connectivity index (χ1n) is 12.7. The number of amides is 1. The standard InChI is InChI=1S/C31H31N3O3S/c1-24-16-18-27(19-17-24)38(36,37)32-29-15-9-8-14-28(29)31(35)34-22-20-33(21-23-34)30(25-10-4-2-5-11-25)26-12-6-3-7-13-26/h2-19,30,32H,20-23H2,1H3. The van der Waals surface area contributed by atoms with Gasteiger partial charge < -0.3 is 4.90 Å². The zero-order valence-corrected chi connectivity index (χ0v) is 22.1. The number of carbonyl (C=O) groups excluding carboxylic acids is 1. The molecule has 1 aliphatic heterocycles. The van der Waals surface area contributed by atoms with Gasteiger partial charge >= 0.3 is 0 Å². The van der Waals surface area contributed by atoms with E-state index in [0.29, 0.717) is 31.7 Å². The van der Waals surface area contributed by atoms with Gasteiger partial charge in [-0.25, -0.2) is 8.42 Å². The van der Waals surface area contributed by atoms with Gasteiger partial charge in [0.05, 0.1) is 22.2 Å². The molecule has 4 aromatic carbocycles. The van der Waals surface area contributed by atoms with Crippen LogP contribution in [0.5, 0.6) is 0 Å². The maximum absolute atomic E-state index is 13.6. The second kappa shape index (κ2) is 11.2. The molecule has 1 saturated heterocycles. The normalized spacial score (nSPS) is 14.4. The number of nitrogens with one attached hydrogen (secondary N) is 1. The van der Waals surface area contributed by atoms with Gasteiger partial charge in [-0.05, 0) is 42.3 Å². The molecule has 7 heteroatoms. The van der Waals surface area contributed by atoms with Crippen molar-refractivity contribution in [2.75, 3.05) is 30.9 Å². The minimum Gasteiger partial charge on any atom is -0.336 e. The topological polar surface area (TPSA) is 69.7 Å². The largest absolute Gasteiger partial charge is 0.336 e. The lowest BCUT2D eigenvalue weighted by atomic mass is 9.96. The van der Waals surface area contributed by atoms with E-state index in [-0.39, 0.29) is 22.5 Å². The second-order valence-electron chi connectivity index (χ2n) is 9.52. The van der Waals surface area contributed by atoms with Crippen molar-refractivity contribution >= 4 is 21.6 Å². The van der Waals surface area contributed by atoms with E-state index >= 15 is 0 Å².